The first kappa shape index (κ1) is 18.5. The van der Waals surface area contributed by atoms with Crippen LogP contribution in [0.4, 0.5) is 0 Å². The predicted octanol–water partition coefficient (Wildman–Crippen LogP) is 4.26. The van der Waals surface area contributed by atoms with E-state index in [1.54, 1.807) is 18.2 Å². The summed E-state index contributed by atoms with van der Waals surface area (Å²) in [6.07, 6.45) is 0.428. The Bertz CT molecular complexity index is 970. The Morgan fingerprint density at radius 2 is 1.78 bits per heavy atom. The largest absolute Gasteiger partial charge is 0.481 e. The molecule has 0 aliphatic rings. The molecule has 1 aromatic heterocycles. The third-order valence-corrected chi connectivity index (χ3v) is 4.43. The lowest BCUT2D eigenvalue weighted by atomic mass is 10.1. The number of ether oxygens (including phenoxy) is 1. The highest BCUT2D eigenvalue weighted by Gasteiger charge is 2.15. The van der Waals surface area contributed by atoms with Crippen LogP contribution >= 0.6 is 0 Å². The average molecular weight is 363 g/mol. The second kappa shape index (κ2) is 7.91. The van der Waals surface area contributed by atoms with E-state index in [2.05, 4.69) is 0 Å². The van der Waals surface area contributed by atoms with Crippen LogP contribution in [0.3, 0.4) is 0 Å². The first-order valence-corrected chi connectivity index (χ1v) is 8.68. The highest BCUT2D eigenvalue weighted by molar-refractivity contribution is 5.90. The topological polar surface area (TPSA) is 68.5 Å². The lowest BCUT2D eigenvalue weighted by Crippen LogP contribution is -2.07. The number of esters is 1. The van der Waals surface area contributed by atoms with Gasteiger partial charge in [-0.05, 0) is 49.2 Å². The van der Waals surface area contributed by atoms with Gasteiger partial charge in [-0.3, -0.25) is 4.79 Å². The average Bonchev–Trinajstić information content (AvgIpc) is 3.10. The van der Waals surface area contributed by atoms with Crippen LogP contribution < -0.4 is 0 Å². The van der Waals surface area contributed by atoms with Gasteiger partial charge in [-0.2, -0.15) is 0 Å². The number of aromatic nitrogens is 1. The van der Waals surface area contributed by atoms with E-state index >= 15 is 0 Å². The van der Waals surface area contributed by atoms with Crippen molar-refractivity contribution in [3.63, 3.8) is 0 Å². The molecule has 1 heterocycles. The molecule has 27 heavy (non-hydrogen) atoms. The lowest BCUT2D eigenvalue weighted by Gasteiger charge is -2.15. The van der Waals surface area contributed by atoms with Gasteiger partial charge in [0.1, 0.15) is 0 Å². The third kappa shape index (κ3) is 4.08. The molecule has 138 valence electrons. The Morgan fingerprint density at radius 3 is 2.44 bits per heavy atom. The Morgan fingerprint density at radius 1 is 1.04 bits per heavy atom. The molecule has 0 bridgehead atoms. The van der Waals surface area contributed by atoms with Crippen molar-refractivity contribution in [3.8, 4) is 16.9 Å². The molecule has 0 saturated carbocycles. The summed E-state index contributed by atoms with van der Waals surface area (Å²) < 4.78 is 6.82. The maximum absolute atomic E-state index is 11.9. The fraction of sp³-hybridized carbons (Fsp3) is 0.182. The minimum atomic E-state index is -0.844. The molecule has 2 aromatic carbocycles. The number of hydrogen-bond donors (Lipinski definition) is 1. The quantitative estimate of drug-likeness (QED) is 0.665. The Hall–Kier alpha value is -3.34. The van der Waals surface area contributed by atoms with Crippen molar-refractivity contribution in [1.82, 2.24) is 4.57 Å². The van der Waals surface area contributed by atoms with Crippen molar-refractivity contribution in [3.05, 3.63) is 77.5 Å². The molecule has 0 saturated heterocycles. The van der Waals surface area contributed by atoms with Gasteiger partial charge in [0, 0.05) is 11.4 Å². The number of rotatable bonds is 6. The number of benzene rings is 2. The Kier molecular flexibility index (Phi) is 5.41. The minimum absolute atomic E-state index is 0.0358. The fourth-order valence-electron chi connectivity index (χ4n) is 3.05. The molecule has 1 N–H and O–H groups in total. The van der Waals surface area contributed by atoms with Crippen molar-refractivity contribution in [2.75, 3.05) is 7.11 Å². The standard InChI is InChI=1S/C22H21NO4/c1-15-6-8-16(9-7-15)20-12-10-18(11-13-21(24)25)23(20)19-5-3-4-17(14-19)22(26)27-2/h3-10,12,14H,11,13H2,1-2H3,(H,24,25). The number of aryl methyl sites for hydroxylation is 2. The summed E-state index contributed by atoms with van der Waals surface area (Å²) in [5.41, 5.74) is 5.23. The molecule has 0 amide bonds. The highest BCUT2D eigenvalue weighted by atomic mass is 16.5. The zero-order valence-corrected chi connectivity index (χ0v) is 15.3. The van der Waals surface area contributed by atoms with Crippen LogP contribution in [0, 0.1) is 6.92 Å². The summed E-state index contributed by atoms with van der Waals surface area (Å²) in [5.74, 6) is -1.25. The van der Waals surface area contributed by atoms with E-state index in [-0.39, 0.29) is 6.42 Å². The summed E-state index contributed by atoms with van der Waals surface area (Å²) in [5, 5.41) is 9.07. The van der Waals surface area contributed by atoms with Gasteiger partial charge in [0.2, 0.25) is 0 Å². The molecular weight excluding hydrogens is 342 g/mol. The van der Waals surface area contributed by atoms with E-state index in [1.807, 2.05) is 54.0 Å². The number of methoxy groups -OCH3 is 1. The Balaban J connectivity index is 2.13. The maximum atomic E-state index is 11.9. The molecule has 0 atom stereocenters. The molecular formula is C22H21NO4. The van der Waals surface area contributed by atoms with Crippen LogP contribution in [-0.4, -0.2) is 28.7 Å². The van der Waals surface area contributed by atoms with Gasteiger partial charge in [0.15, 0.2) is 0 Å². The van der Waals surface area contributed by atoms with Crippen LogP contribution in [0.2, 0.25) is 0 Å². The van der Waals surface area contributed by atoms with Crippen molar-refractivity contribution in [1.29, 1.82) is 0 Å². The fourth-order valence-corrected chi connectivity index (χ4v) is 3.05. The SMILES string of the molecule is COC(=O)c1cccc(-n2c(CCC(=O)O)ccc2-c2ccc(C)cc2)c1. The third-order valence-electron chi connectivity index (χ3n) is 4.43. The van der Waals surface area contributed by atoms with Crippen LogP contribution in [0.5, 0.6) is 0 Å². The number of carbonyl (C=O) groups excluding carboxylic acids is 1. The second-order valence-corrected chi connectivity index (χ2v) is 6.35. The number of nitrogens with zero attached hydrogens (tertiary/aromatic N) is 1. The molecule has 3 rings (SSSR count). The van der Waals surface area contributed by atoms with Gasteiger partial charge < -0.3 is 14.4 Å². The number of carboxylic acid groups (broad SMARTS) is 1. The van der Waals surface area contributed by atoms with E-state index in [1.165, 1.54) is 7.11 Å². The van der Waals surface area contributed by atoms with Crippen molar-refractivity contribution in [2.45, 2.75) is 19.8 Å². The summed E-state index contributed by atoms with van der Waals surface area (Å²) in [4.78, 5) is 23.0. The smallest absolute Gasteiger partial charge is 0.337 e. The number of aliphatic carboxylic acids is 1. The molecule has 5 nitrogen and oxygen atoms in total. The van der Waals surface area contributed by atoms with Gasteiger partial charge in [-0.1, -0.05) is 35.9 Å². The molecule has 0 aliphatic heterocycles. The number of carbonyl (C=O) groups is 2. The normalized spacial score (nSPS) is 10.6. The van der Waals surface area contributed by atoms with Crippen molar-refractivity contribution < 1.29 is 19.4 Å². The van der Waals surface area contributed by atoms with Crippen molar-refractivity contribution >= 4 is 11.9 Å². The van der Waals surface area contributed by atoms with Crippen LogP contribution in [0.25, 0.3) is 16.9 Å². The second-order valence-electron chi connectivity index (χ2n) is 6.35. The van der Waals surface area contributed by atoms with Gasteiger partial charge in [0.25, 0.3) is 0 Å². The summed E-state index contributed by atoms with van der Waals surface area (Å²) in [6.45, 7) is 2.03. The highest BCUT2D eigenvalue weighted by Crippen LogP contribution is 2.28. The van der Waals surface area contributed by atoms with Crippen LogP contribution in [0.1, 0.15) is 28.0 Å². The lowest BCUT2D eigenvalue weighted by molar-refractivity contribution is -0.136. The van der Waals surface area contributed by atoms with Gasteiger partial charge in [-0.25, -0.2) is 4.79 Å². The van der Waals surface area contributed by atoms with E-state index in [0.717, 1.165) is 28.2 Å². The maximum Gasteiger partial charge on any atom is 0.337 e. The monoisotopic (exact) mass is 363 g/mol. The summed E-state index contributed by atoms with van der Waals surface area (Å²) >= 11 is 0. The van der Waals surface area contributed by atoms with Crippen LogP contribution in [0.15, 0.2) is 60.7 Å². The zero-order chi connectivity index (χ0) is 19.4. The van der Waals surface area contributed by atoms with Gasteiger partial charge in [0.05, 0.1) is 24.8 Å². The number of carboxylic acids is 1. The first-order valence-electron chi connectivity index (χ1n) is 8.68. The molecule has 0 fully saturated rings. The van der Waals surface area contributed by atoms with Crippen LogP contribution in [-0.2, 0) is 16.0 Å². The zero-order valence-electron chi connectivity index (χ0n) is 15.3. The van der Waals surface area contributed by atoms with Crippen molar-refractivity contribution in [2.24, 2.45) is 0 Å². The van der Waals surface area contributed by atoms with Gasteiger partial charge in [-0.15, -0.1) is 0 Å². The molecule has 0 spiro atoms. The Labute approximate surface area is 157 Å². The minimum Gasteiger partial charge on any atom is -0.481 e. The molecule has 3 aromatic rings. The van der Waals surface area contributed by atoms with E-state index in [9.17, 15) is 9.59 Å². The predicted molar refractivity (Wildman–Crippen MR) is 103 cm³/mol. The first-order chi connectivity index (χ1) is 13.0. The number of hydrogen-bond acceptors (Lipinski definition) is 3. The summed E-state index contributed by atoms with van der Waals surface area (Å²) in [6, 6.07) is 19.2. The molecule has 5 heteroatoms. The van der Waals surface area contributed by atoms with E-state index < -0.39 is 11.9 Å². The molecule has 0 unspecified atom stereocenters. The van der Waals surface area contributed by atoms with E-state index in [0.29, 0.717) is 12.0 Å². The molecule has 0 radical (unpaired) electrons. The van der Waals surface area contributed by atoms with Gasteiger partial charge >= 0.3 is 11.9 Å². The molecule has 0 aliphatic carbocycles. The van der Waals surface area contributed by atoms with E-state index in [4.69, 9.17) is 9.84 Å². The summed E-state index contributed by atoms with van der Waals surface area (Å²) in [7, 11) is 1.35.